The van der Waals surface area contributed by atoms with Crippen LogP contribution in [0, 0.1) is 0 Å². The van der Waals surface area contributed by atoms with Crippen molar-refractivity contribution in [2.75, 3.05) is 87.7 Å². The summed E-state index contributed by atoms with van der Waals surface area (Å²) in [6.07, 6.45) is 9.02. The van der Waals surface area contributed by atoms with E-state index < -0.39 is 40.7 Å². The first-order chi connectivity index (χ1) is 39.8. The van der Waals surface area contributed by atoms with E-state index in [2.05, 4.69) is 55.0 Å². The van der Waals surface area contributed by atoms with Crippen LogP contribution in [0.15, 0.2) is 84.9 Å². The van der Waals surface area contributed by atoms with Crippen LogP contribution in [0.3, 0.4) is 0 Å². The lowest BCUT2D eigenvalue weighted by Gasteiger charge is -2.43. The van der Waals surface area contributed by atoms with E-state index >= 15 is 0 Å². The summed E-state index contributed by atoms with van der Waals surface area (Å²) < 4.78 is 144. The van der Waals surface area contributed by atoms with E-state index in [4.69, 9.17) is 53.1 Å². The minimum absolute atomic E-state index is 0.122. The van der Waals surface area contributed by atoms with Crippen LogP contribution in [0.1, 0.15) is 164 Å². The molecule has 0 saturated heterocycles. The predicted molar refractivity (Wildman–Crippen MR) is 312 cm³/mol. The molecule has 2 heterocycles. The second-order valence-corrected chi connectivity index (χ2v) is 23.9. The molecule has 4 aromatic rings. The zero-order chi connectivity index (χ0) is 60.2. The smallest absolute Gasteiger partial charge is 0.453 e. The van der Waals surface area contributed by atoms with Crippen molar-refractivity contribution in [1.82, 2.24) is 4.72 Å². The summed E-state index contributed by atoms with van der Waals surface area (Å²) in [5.41, 5.74) is 9.99. The van der Waals surface area contributed by atoms with Crippen molar-refractivity contribution in [2.24, 2.45) is 5.73 Å². The van der Waals surface area contributed by atoms with E-state index in [0.29, 0.717) is 31.3 Å². The Kier molecular flexibility index (Phi) is 28.9. The molecule has 83 heavy (non-hydrogen) atoms. The van der Waals surface area contributed by atoms with Crippen molar-refractivity contribution >= 4 is 10.0 Å². The van der Waals surface area contributed by atoms with Gasteiger partial charge in [0.25, 0.3) is 0 Å². The molecule has 0 aliphatic carbocycles. The van der Waals surface area contributed by atoms with E-state index in [1.165, 1.54) is 49.7 Å². The van der Waals surface area contributed by atoms with Crippen molar-refractivity contribution in [3.63, 3.8) is 0 Å². The summed E-state index contributed by atoms with van der Waals surface area (Å²) in [5.74, 6) is -0.420. The number of sulfonamides is 1. The summed E-state index contributed by atoms with van der Waals surface area (Å²) in [6.45, 7) is 7.39. The largest absolute Gasteiger partial charge is 0.492 e. The van der Waals surface area contributed by atoms with Crippen LogP contribution < -0.4 is 38.9 Å². The van der Waals surface area contributed by atoms with E-state index in [9.17, 15) is 30.4 Å². The Labute approximate surface area is 489 Å². The fourth-order valence-electron chi connectivity index (χ4n) is 10.9. The SMILES string of the molecule is COCOc1ccc(C2(C)COc3cc(OCOC)ccc3C2CCCCCCCCCN)cc1.COCOc1ccc(C2(C)COc3cc(OCOC)ccc3C2CCCCCCCCCNS(=O)(=O)CCCC(F)(F)C(F)(F)F)cc1. The Morgan fingerprint density at radius 2 is 0.880 bits per heavy atom. The molecule has 3 N–H and O–H groups in total. The van der Waals surface area contributed by atoms with Crippen LogP contribution in [0.5, 0.6) is 34.5 Å². The lowest BCUT2D eigenvalue weighted by molar-refractivity contribution is -0.284. The molecule has 2 aliphatic rings. The molecular weight excluding hydrogens is 1100 g/mol. The molecule has 0 spiro atoms. The molecule has 0 radical (unpaired) electrons. The highest BCUT2D eigenvalue weighted by Gasteiger charge is 2.56. The Bertz CT molecular complexity index is 2580. The number of benzene rings is 4. The van der Waals surface area contributed by atoms with Crippen LogP contribution in [0.4, 0.5) is 22.0 Å². The highest BCUT2D eigenvalue weighted by Crippen LogP contribution is 2.52. The monoisotopic (exact) mass is 1190 g/mol. The molecule has 6 rings (SSSR count). The standard InChI is InChI=1S/C34H48F5NO7S.C29H43NO5/c1-32(26-13-15-27(16-14-26)46-24-43-2)23-45-31-22-28(47-25-44-3)17-18-29(31)30(32)12-9-7-5-4-6-8-10-20-40-48(41,42)21-11-19-33(35,36)34(37,38)39;1-29(23-12-14-24(15-13-23)34-21-31-2)20-33-28-19-25(35-22-32-3)16-17-26(28)27(29)11-9-7-5-4-6-8-10-18-30/h13-18,22,30,40H,4-12,19-21,23-25H2,1-3H3;12-17,19,27H,4-11,18,20-22,30H2,1-3H3. The van der Waals surface area contributed by atoms with Crippen molar-refractivity contribution in [3.05, 3.63) is 107 Å². The van der Waals surface area contributed by atoms with Crippen molar-refractivity contribution in [3.8, 4) is 34.5 Å². The van der Waals surface area contributed by atoms with Crippen molar-refractivity contribution in [2.45, 2.75) is 164 Å². The number of nitrogens with one attached hydrogen (secondary N) is 1. The summed E-state index contributed by atoms with van der Waals surface area (Å²) >= 11 is 0. The molecule has 0 bridgehead atoms. The van der Waals surface area contributed by atoms with Gasteiger partial charge in [0.1, 0.15) is 34.5 Å². The molecule has 2 aliphatic heterocycles. The number of nitrogens with two attached hydrogens (primary N) is 1. The second kappa shape index (κ2) is 34.9. The third-order valence-corrected chi connectivity index (χ3v) is 17.2. The van der Waals surface area contributed by atoms with Gasteiger partial charge in [0.05, 0.1) is 19.0 Å². The number of fused-ring (bicyclic) bond motifs is 2. The average Bonchev–Trinajstić information content (AvgIpc) is 3.15. The van der Waals surface area contributed by atoms with E-state index in [1.54, 1.807) is 28.4 Å². The van der Waals surface area contributed by atoms with Crippen LogP contribution in [-0.4, -0.2) is 108 Å². The summed E-state index contributed by atoms with van der Waals surface area (Å²) in [7, 11) is 2.49. The van der Waals surface area contributed by atoms with Gasteiger partial charge in [0.15, 0.2) is 27.2 Å². The fraction of sp³-hybridized carbons (Fsp3) is 0.619. The van der Waals surface area contributed by atoms with E-state index in [1.807, 2.05) is 48.5 Å². The fourth-order valence-corrected chi connectivity index (χ4v) is 12.1. The number of hydrogen-bond acceptors (Lipinski definition) is 13. The molecule has 0 fully saturated rings. The van der Waals surface area contributed by atoms with Gasteiger partial charge in [-0.1, -0.05) is 127 Å². The third-order valence-electron chi connectivity index (χ3n) is 15.7. The molecule has 4 unspecified atom stereocenters. The van der Waals surface area contributed by atoms with Gasteiger partial charge >= 0.3 is 12.1 Å². The summed E-state index contributed by atoms with van der Waals surface area (Å²) in [6, 6.07) is 28.5. The van der Waals surface area contributed by atoms with E-state index in [0.717, 1.165) is 104 Å². The van der Waals surface area contributed by atoms with Crippen molar-refractivity contribution < 1.29 is 77.7 Å². The minimum atomic E-state index is -5.68. The maximum atomic E-state index is 13.0. The highest BCUT2D eigenvalue weighted by molar-refractivity contribution is 7.89. The zero-order valence-corrected chi connectivity index (χ0v) is 50.4. The lowest BCUT2D eigenvalue weighted by atomic mass is 9.66. The van der Waals surface area contributed by atoms with Gasteiger partial charge in [-0.2, -0.15) is 22.0 Å². The van der Waals surface area contributed by atoms with Gasteiger partial charge in [-0.15, -0.1) is 0 Å². The first-order valence-electron chi connectivity index (χ1n) is 29.2. The molecule has 466 valence electrons. The molecule has 20 heteroatoms. The highest BCUT2D eigenvalue weighted by atomic mass is 32.2. The Hall–Kier alpha value is -4.96. The van der Waals surface area contributed by atoms with Gasteiger partial charge in [-0.3, -0.25) is 0 Å². The lowest BCUT2D eigenvalue weighted by Crippen LogP contribution is -2.40. The number of unbranched alkanes of at least 4 members (excludes halogenated alkanes) is 12. The van der Waals surface area contributed by atoms with Crippen LogP contribution in [0.2, 0.25) is 0 Å². The number of alkyl halides is 5. The quantitative estimate of drug-likeness (QED) is 0.0248. The molecular formula is C63H91F5N2O12S. The van der Waals surface area contributed by atoms with Gasteiger partial charge in [-0.25, -0.2) is 13.1 Å². The molecule has 0 amide bonds. The number of methoxy groups -OCH3 is 4. The number of halogens is 5. The molecule has 0 saturated carbocycles. The predicted octanol–water partition coefficient (Wildman–Crippen LogP) is 14.3. The number of hydrogen-bond donors (Lipinski definition) is 2. The molecule has 4 atom stereocenters. The average molecular weight is 1200 g/mol. The second-order valence-electron chi connectivity index (χ2n) is 22.0. The van der Waals surface area contributed by atoms with Gasteiger partial charge in [0.2, 0.25) is 10.0 Å². The zero-order valence-electron chi connectivity index (χ0n) is 49.6. The number of ether oxygens (including phenoxy) is 10. The van der Waals surface area contributed by atoms with Gasteiger partial charge in [0, 0.05) is 76.2 Å². The maximum Gasteiger partial charge on any atom is 0.453 e. The Balaban J connectivity index is 0.000000319. The topological polar surface area (TPSA) is 164 Å². The van der Waals surface area contributed by atoms with E-state index in [-0.39, 0.29) is 50.5 Å². The normalized spacial score (nSPS) is 18.7. The molecule has 4 aromatic carbocycles. The summed E-state index contributed by atoms with van der Waals surface area (Å²) in [5, 5.41) is 0. The van der Waals surface area contributed by atoms with Crippen LogP contribution in [0.25, 0.3) is 0 Å². The Morgan fingerprint density at radius 1 is 0.518 bits per heavy atom. The van der Waals surface area contributed by atoms with Gasteiger partial charge < -0.3 is 53.1 Å². The third kappa shape index (κ3) is 21.5. The molecule has 14 nitrogen and oxygen atoms in total. The maximum absolute atomic E-state index is 13.0. The number of rotatable bonds is 38. The summed E-state index contributed by atoms with van der Waals surface area (Å²) in [4.78, 5) is 0. The van der Waals surface area contributed by atoms with Crippen molar-refractivity contribution in [1.29, 1.82) is 0 Å². The van der Waals surface area contributed by atoms with Gasteiger partial charge in [-0.05, 0) is 97.3 Å². The Morgan fingerprint density at radius 3 is 1.27 bits per heavy atom. The first-order valence-corrected chi connectivity index (χ1v) is 30.8. The minimum Gasteiger partial charge on any atom is -0.492 e. The molecule has 0 aromatic heterocycles. The van der Waals surface area contributed by atoms with Crippen LogP contribution in [-0.2, 0) is 39.8 Å². The van der Waals surface area contributed by atoms with Crippen LogP contribution >= 0.6 is 0 Å². The first kappa shape index (κ1) is 68.8.